The average molecular weight is 738 g/mol. The van der Waals surface area contributed by atoms with Crippen molar-refractivity contribution < 1.29 is 54.2 Å². The Morgan fingerprint density at radius 3 is 1.56 bits per heavy atom. The number of aliphatic carboxylic acids is 4. The molecule has 4 aromatic rings. The molecule has 0 aliphatic carbocycles. The summed E-state index contributed by atoms with van der Waals surface area (Å²) in [5.41, 5.74) is 3.35. The average Bonchev–Trinajstić information content (AvgIpc) is 3.91. The molecule has 0 unspecified atom stereocenters. The van der Waals surface area contributed by atoms with E-state index in [9.17, 15) is 5.11 Å². The Morgan fingerprint density at radius 2 is 1.12 bits per heavy atom. The first kappa shape index (κ1) is 39.4. The fourth-order valence-electron chi connectivity index (χ4n) is 5.80. The molecular formula is C37H43N3O11S. The van der Waals surface area contributed by atoms with Gasteiger partial charge in [-0.2, -0.15) is 0 Å². The third kappa shape index (κ3) is 11.6. The van der Waals surface area contributed by atoms with Gasteiger partial charge in [-0.25, -0.2) is 19.2 Å². The fraction of sp³-hybridized carbons (Fsp3) is 0.351. The molecule has 3 aromatic carbocycles. The van der Waals surface area contributed by atoms with Gasteiger partial charge in [-0.1, -0.05) is 0 Å². The van der Waals surface area contributed by atoms with Crippen molar-refractivity contribution in [3.63, 3.8) is 0 Å². The van der Waals surface area contributed by atoms with Gasteiger partial charge in [-0.15, -0.1) is 11.3 Å². The number of carbonyl (C=O) groups is 4. The Labute approximate surface area is 304 Å². The van der Waals surface area contributed by atoms with Gasteiger partial charge < -0.3 is 39.9 Å². The van der Waals surface area contributed by atoms with Gasteiger partial charge in [-0.3, -0.25) is 9.80 Å². The number of hydrogen-bond donors (Lipinski definition) is 5. The van der Waals surface area contributed by atoms with Gasteiger partial charge in [0, 0.05) is 35.9 Å². The zero-order valence-electron chi connectivity index (χ0n) is 28.8. The second-order valence-electron chi connectivity index (χ2n) is 12.1. The highest BCUT2D eigenvalue weighted by molar-refractivity contribution is 7.23. The van der Waals surface area contributed by atoms with Gasteiger partial charge in [-0.05, 0) is 124 Å². The number of rotatable bonds is 11. The van der Waals surface area contributed by atoms with E-state index >= 15 is 0 Å². The van der Waals surface area contributed by atoms with Crippen LogP contribution in [0.15, 0.2) is 66.7 Å². The number of phenols is 1. The fourth-order valence-corrected chi connectivity index (χ4v) is 7.07. The molecule has 2 aliphatic rings. The molecule has 278 valence electrons. The molecular weight excluding hydrogens is 694 g/mol. The number of carboxylic acids is 4. The lowest BCUT2D eigenvalue weighted by molar-refractivity contribution is -0.159. The van der Waals surface area contributed by atoms with Gasteiger partial charge in [0.2, 0.25) is 0 Å². The summed E-state index contributed by atoms with van der Waals surface area (Å²) >= 11 is 1.70. The topological polar surface area (TPSA) is 198 Å². The Balaban J connectivity index is 0.000000436. The first-order chi connectivity index (χ1) is 24.9. The van der Waals surface area contributed by atoms with E-state index in [0.717, 1.165) is 63.1 Å². The number of benzene rings is 3. The highest BCUT2D eigenvalue weighted by atomic mass is 32.1. The number of likely N-dealkylation sites (tertiary alicyclic amines) is 2. The van der Waals surface area contributed by atoms with Crippen molar-refractivity contribution in [2.24, 2.45) is 0 Å². The van der Waals surface area contributed by atoms with Gasteiger partial charge in [0.15, 0.2) is 0 Å². The lowest BCUT2D eigenvalue weighted by Gasteiger charge is -2.22. The molecule has 2 saturated heterocycles. The van der Waals surface area contributed by atoms with Crippen molar-refractivity contribution in [3.8, 4) is 27.7 Å². The minimum atomic E-state index is -1.82. The molecule has 5 N–H and O–H groups in total. The van der Waals surface area contributed by atoms with Crippen molar-refractivity contribution in [2.45, 2.75) is 25.7 Å². The zero-order chi connectivity index (χ0) is 37.6. The summed E-state index contributed by atoms with van der Waals surface area (Å²) in [6.07, 6.45) is 5.21. The molecule has 1 aromatic heterocycles. The number of ether oxygens (including phenoxy) is 2. The largest absolute Gasteiger partial charge is 0.508 e. The Morgan fingerprint density at radius 1 is 0.673 bits per heavy atom. The van der Waals surface area contributed by atoms with Crippen molar-refractivity contribution >= 4 is 56.7 Å². The lowest BCUT2D eigenvalue weighted by Crippen LogP contribution is -2.25. The molecule has 2 aliphatic heterocycles. The van der Waals surface area contributed by atoms with Crippen LogP contribution in [0.5, 0.6) is 17.2 Å². The van der Waals surface area contributed by atoms with Gasteiger partial charge in [0.05, 0.1) is 10.6 Å². The van der Waals surface area contributed by atoms with Crippen LogP contribution in [0.1, 0.15) is 25.7 Å². The Hall–Kier alpha value is -5.38. The van der Waals surface area contributed by atoms with Gasteiger partial charge >= 0.3 is 23.9 Å². The van der Waals surface area contributed by atoms with E-state index in [1.807, 2.05) is 12.1 Å². The van der Waals surface area contributed by atoms with Crippen LogP contribution in [0.25, 0.3) is 20.5 Å². The molecule has 52 heavy (non-hydrogen) atoms. The van der Waals surface area contributed by atoms with Crippen molar-refractivity contribution in [3.05, 3.63) is 66.7 Å². The van der Waals surface area contributed by atoms with E-state index in [1.54, 1.807) is 17.4 Å². The van der Waals surface area contributed by atoms with Crippen LogP contribution >= 0.6 is 11.3 Å². The Bertz CT molecular complexity index is 1750. The lowest BCUT2D eigenvalue weighted by atomic mass is 10.1. The minimum Gasteiger partial charge on any atom is -0.508 e. The monoisotopic (exact) mass is 737 g/mol. The van der Waals surface area contributed by atoms with Gasteiger partial charge in [0.1, 0.15) is 30.5 Å². The summed E-state index contributed by atoms with van der Waals surface area (Å²) in [4.78, 5) is 44.7. The first-order valence-corrected chi connectivity index (χ1v) is 17.6. The third-order valence-corrected chi connectivity index (χ3v) is 9.63. The quantitative estimate of drug-likeness (QED) is 0.124. The predicted octanol–water partition coefficient (Wildman–Crippen LogP) is 5.30. The third-order valence-electron chi connectivity index (χ3n) is 8.44. The second kappa shape index (κ2) is 19.3. The molecule has 6 rings (SSSR count). The molecule has 0 bridgehead atoms. The van der Waals surface area contributed by atoms with E-state index in [1.165, 1.54) is 51.9 Å². The highest BCUT2D eigenvalue weighted by Crippen LogP contribution is 2.47. The number of anilines is 2. The number of thiophene rings is 1. The summed E-state index contributed by atoms with van der Waals surface area (Å²) in [5, 5.41) is 40.9. The summed E-state index contributed by atoms with van der Waals surface area (Å²) in [6.45, 7) is 8.17. The van der Waals surface area contributed by atoms with Crippen molar-refractivity contribution in [2.75, 3.05) is 64.4 Å². The molecule has 0 saturated carbocycles. The SMILES string of the molecule is CN(c1ccc(OCCN2CCCC2)cc1)c1c(-c2ccc(OCCN3CCCC3)cc2)sc2cc(O)ccc12.O=C(O)C(=O)O.O=C(O)C(=O)O. The van der Waals surface area contributed by atoms with Crippen molar-refractivity contribution in [1.82, 2.24) is 9.80 Å². The molecule has 3 heterocycles. The number of nitrogens with zero attached hydrogens (tertiary/aromatic N) is 3. The molecule has 15 heteroatoms. The summed E-state index contributed by atoms with van der Waals surface area (Å²) < 4.78 is 13.1. The van der Waals surface area contributed by atoms with Crippen molar-refractivity contribution in [1.29, 1.82) is 0 Å². The summed E-state index contributed by atoms with van der Waals surface area (Å²) in [6, 6.07) is 22.4. The van der Waals surface area contributed by atoms with Crippen LogP contribution < -0.4 is 14.4 Å². The zero-order valence-corrected chi connectivity index (χ0v) is 29.6. The standard InChI is InChI=1S/C33H39N3O3S.2C2H2O4/c1-34(26-8-13-29(14-9-26)39-23-21-36-18-4-5-19-36)32-30-15-10-27(37)24-31(30)40-33(32)25-6-11-28(12-7-25)38-22-20-35-16-2-3-17-35;2*3-1(4)2(5)6/h6-15,24,37H,2-5,16-23H2,1H3;2*(H,3,4)(H,5,6). The maximum atomic E-state index is 10.2. The van der Waals surface area contributed by atoms with Crippen LogP contribution in [0.3, 0.4) is 0 Å². The minimum absolute atomic E-state index is 0.284. The smallest absolute Gasteiger partial charge is 0.414 e. The maximum absolute atomic E-state index is 10.2. The van der Waals surface area contributed by atoms with Crippen LogP contribution in [-0.4, -0.2) is 119 Å². The van der Waals surface area contributed by atoms with E-state index in [0.29, 0.717) is 6.61 Å². The van der Waals surface area contributed by atoms with Gasteiger partial charge in [0.25, 0.3) is 0 Å². The van der Waals surface area contributed by atoms with Crippen LogP contribution in [0, 0.1) is 0 Å². The molecule has 0 radical (unpaired) electrons. The summed E-state index contributed by atoms with van der Waals surface area (Å²) in [7, 11) is 2.11. The normalized spacial score (nSPS) is 14.1. The van der Waals surface area contributed by atoms with Crippen LogP contribution in [0.2, 0.25) is 0 Å². The van der Waals surface area contributed by atoms with E-state index in [-0.39, 0.29) is 5.75 Å². The molecule has 0 amide bonds. The highest BCUT2D eigenvalue weighted by Gasteiger charge is 2.20. The van der Waals surface area contributed by atoms with E-state index in [4.69, 9.17) is 49.1 Å². The second-order valence-corrected chi connectivity index (χ2v) is 13.1. The number of phenolic OH excluding ortho intramolecular Hbond substituents is 1. The first-order valence-electron chi connectivity index (χ1n) is 16.8. The molecule has 0 atom stereocenters. The number of carboxylic acid groups (broad SMARTS) is 4. The number of hydrogen-bond acceptors (Lipinski definition) is 11. The van der Waals surface area contributed by atoms with Crippen LogP contribution in [0.4, 0.5) is 11.4 Å². The molecule has 0 spiro atoms. The number of aromatic hydroxyl groups is 1. The van der Waals surface area contributed by atoms with E-state index < -0.39 is 23.9 Å². The Kier molecular flexibility index (Phi) is 14.6. The summed E-state index contributed by atoms with van der Waals surface area (Å²) in [5.74, 6) is -5.21. The maximum Gasteiger partial charge on any atom is 0.414 e. The number of fused-ring (bicyclic) bond motifs is 1. The predicted molar refractivity (Wildman–Crippen MR) is 196 cm³/mol. The molecule has 14 nitrogen and oxygen atoms in total. The van der Waals surface area contributed by atoms with Crippen LogP contribution in [-0.2, 0) is 19.2 Å². The molecule has 2 fully saturated rings. The van der Waals surface area contributed by atoms with E-state index in [2.05, 4.69) is 70.3 Å².